The number of rotatable bonds is 9. The molecule has 1 fully saturated rings. The third-order valence-corrected chi connectivity index (χ3v) is 6.90. The van der Waals surface area contributed by atoms with E-state index in [-0.39, 0.29) is 22.9 Å². The molecule has 1 aromatic heterocycles. The Morgan fingerprint density at radius 3 is 1.79 bits per heavy atom. The molecule has 0 spiro atoms. The Hall–Kier alpha value is -4.81. The second-order valence-electron chi connectivity index (χ2n) is 9.03. The van der Waals surface area contributed by atoms with Gasteiger partial charge in [0.05, 0.1) is 16.7 Å². The smallest absolute Gasteiger partial charge is 0.353 e. The third kappa shape index (κ3) is 6.56. The summed E-state index contributed by atoms with van der Waals surface area (Å²) in [6, 6.07) is 24.7. The average Bonchev–Trinajstić information content (AvgIpc) is 3.36. The first-order valence-electron chi connectivity index (χ1n) is 12.8. The summed E-state index contributed by atoms with van der Waals surface area (Å²) in [5.41, 5.74) is 0.0352. The number of thioether (sulfide) groups is 1. The zero-order valence-corrected chi connectivity index (χ0v) is 23.1. The zero-order valence-electron chi connectivity index (χ0n) is 22.3. The van der Waals surface area contributed by atoms with Gasteiger partial charge in [0.25, 0.3) is 0 Å². The summed E-state index contributed by atoms with van der Waals surface area (Å²) in [5, 5.41) is 0.229. The molecule has 214 valence electrons. The van der Waals surface area contributed by atoms with Crippen molar-refractivity contribution < 1.29 is 33.3 Å². The molecule has 0 amide bonds. The van der Waals surface area contributed by atoms with Gasteiger partial charge in [-0.2, -0.15) is 4.98 Å². The van der Waals surface area contributed by atoms with Gasteiger partial charge in [0.2, 0.25) is 0 Å². The van der Waals surface area contributed by atoms with Crippen LogP contribution in [0.25, 0.3) is 0 Å². The van der Waals surface area contributed by atoms with Crippen LogP contribution in [-0.4, -0.2) is 63.6 Å². The number of hydrogen-bond donors (Lipinski definition) is 0. The van der Waals surface area contributed by atoms with E-state index in [1.807, 2.05) is 0 Å². The van der Waals surface area contributed by atoms with Crippen LogP contribution in [0.5, 0.6) is 0 Å². The highest BCUT2D eigenvalue weighted by molar-refractivity contribution is 7.98. The van der Waals surface area contributed by atoms with E-state index in [4.69, 9.17) is 18.9 Å². The first-order chi connectivity index (χ1) is 20.4. The standard InChI is InChI=1S/C30H25N3O8S/c1-42-29-31-18-33(30(37)32-29)25-24(41-28(36)21-15-9-4-10-16-21)23(40-27(35)20-13-7-3-8-14-20)22(39-25)17-38-26(34)19-11-5-2-6-12-19/h2-16,18,22-25H,17H2,1H3/t22-,23-,24-,25-/m1/s1. The highest BCUT2D eigenvalue weighted by atomic mass is 32.2. The summed E-state index contributed by atoms with van der Waals surface area (Å²) in [6.07, 6.45) is -2.14. The zero-order chi connectivity index (χ0) is 29.5. The van der Waals surface area contributed by atoms with Gasteiger partial charge in [-0.25, -0.2) is 24.2 Å². The Bertz CT molecular complexity index is 1600. The quantitative estimate of drug-likeness (QED) is 0.162. The first-order valence-corrected chi connectivity index (χ1v) is 14.1. The van der Waals surface area contributed by atoms with Crippen molar-refractivity contribution in [2.45, 2.75) is 29.7 Å². The van der Waals surface area contributed by atoms with Gasteiger partial charge in [-0.1, -0.05) is 66.4 Å². The van der Waals surface area contributed by atoms with Crippen LogP contribution in [0.3, 0.4) is 0 Å². The minimum atomic E-state index is -1.34. The number of carbonyl (C=O) groups excluding carboxylic acids is 3. The molecule has 4 atom stereocenters. The predicted octanol–water partition coefficient (Wildman–Crippen LogP) is 3.57. The largest absolute Gasteiger partial charge is 0.459 e. The molecule has 1 aliphatic heterocycles. The maximum Gasteiger partial charge on any atom is 0.353 e. The molecule has 42 heavy (non-hydrogen) atoms. The molecule has 11 nitrogen and oxygen atoms in total. The maximum atomic E-state index is 13.2. The van der Waals surface area contributed by atoms with E-state index < -0.39 is 48.1 Å². The van der Waals surface area contributed by atoms with Gasteiger partial charge in [0.15, 0.2) is 23.6 Å². The van der Waals surface area contributed by atoms with Crippen LogP contribution >= 0.6 is 11.8 Å². The Morgan fingerprint density at radius 2 is 1.29 bits per heavy atom. The molecular weight excluding hydrogens is 562 g/mol. The van der Waals surface area contributed by atoms with Crippen molar-refractivity contribution in [1.29, 1.82) is 0 Å². The van der Waals surface area contributed by atoms with Gasteiger partial charge in [-0.05, 0) is 42.7 Å². The number of aromatic nitrogens is 3. The number of hydrogen-bond acceptors (Lipinski definition) is 11. The second-order valence-corrected chi connectivity index (χ2v) is 9.81. The Balaban J connectivity index is 1.50. The van der Waals surface area contributed by atoms with Crippen LogP contribution in [0, 0.1) is 0 Å². The Kier molecular flexibility index (Phi) is 9.05. The number of ether oxygens (including phenoxy) is 4. The van der Waals surface area contributed by atoms with E-state index in [0.717, 1.165) is 4.57 Å². The topological polar surface area (TPSA) is 136 Å². The van der Waals surface area contributed by atoms with E-state index in [2.05, 4.69) is 9.97 Å². The van der Waals surface area contributed by atoms with Gasteiger partial charge in [-0.15, -0.1) is 0 Å². The third-order valence-electron chi connectivity index (χ3n) is 6.34. The van der Waals surface area contributed by atoms with E-state index in [1.54, 1.807) is 97.3 Å². The van der Waals surface area contributed by atoms with Crippen LogP contribution in [0.15, 0.2) is 107 Å². The number of carbonyl (C=O) groups is 3. The van der Waals surface area contributed by atoms with Crippen molar-refractivity contribution >= 4 is 29.7 Å². The molecule has 1 aliphatic rings. The van der Waals surface area contributed by atoms with E-state index in [0.29, 0.717) is 5.56 Å². The lowest BCUT2D eigenvalue weighted by molar-refractivity contribution is -0.0646. The molecule has 12 heteroatoms. The normalized spacial score (nSPS) is 19.5. The monoisotopic (exact) mass is 587 g/mol. The molecule has 0 bridgehead atoms. The lowest BCUT2D eigenvalue weighted by Crippen LogP contribution is -2.42. The summed E-state index contributed by atoms with van der Waals surface area (Å²) in [4.78, 5) is 60.2. The fourth-order valence-corrected chi connectivity index (χ4v) is 4.61. The first kappa shape index (κ1) is 28.7. The van der Waals surface area contributed by atoms with Gasteiger partial charge in [0, 0.05) is 0 Å². The molecule has 5 rings (SSSR count). The van der Waals surface area contributed by atoms with Gasteiger partial charge in [-0.3, -0.25) is 4.57 Å². The minimum absolute atomic E-state index is 0.227. The minimum Gasteiger partial charge on any atom is -0.459 e. The predicted molar refractivity (Wildman–Crippen MR) is 150 cm³/mol. The molecular formula is C30H25N3O8S. The molecule has 1 saturated heterocycles. The fraction of sp³-hybridized carbons (Fsp3) is 0.200. The summed E-state index contributed by atoms with van der Waals surface area (Å²) >= 11 is 1.17. The fourth-order valence-electron chi connectivity index (χ4n) is 4.28. The van der Waals surface area contributed by atoms with Crippen LogP contribution in [0.4, 0.5) is 0 Å². The van der Waals surface area contributed by atoms with Crippen molar-refractivity contribution in [2.24, 2.45) is 0 Å². The molecule has 0 N–H and O–H groups in total. The summed E-state index contributed by atoms with van der Waals surface area (Å²) in [5.74, 6) is -2.11. The molecule has 0 saturated carbocycles. The average molecular weight is 588 g/mol. The van der Waals surface area contributed by atoms with Crippen LogP contribution in [0.1, 0.15) is 37.3 Å². The van der Waals surface area contributed by atoms with Crippen molar-refractivity contribution in [2.75, 3.05) is 12.9 Å². The lowest BCUT2D eigenvalue weighted by Gasteiger charge is -2.24. The molecule has 4 aromatic rings. The lowest BCUT2D eigenvalue weighted by atomic mass is 10.1. The van der Waals surface area contributed by atoms with Crippen molar-refractivity contribution in [1.82, 2.24) is 14.5 Å². The Morgan fingerprint density at radius 1 is 0.786 bits per heavy atom. The SMILES string of the molecule is CSc1ncn([C@@H]2O[C@H](COC(=O)c3ccccc3)[C@@H](OC(=O)c3ccccc3)[C@H]2OC(=O)c2ccccc2)c(=O)n1. The molecule has 2 heterocycles. The van der Waals surface area contributed by atoms with Crippen LogP contribution in [-0.2, 0) is 18.9 Å². The summed E-state index contributed by atoms with van der Waals surface area (Å²) in [7, 11) is 0. The highest BCUT2D eigenvalue weighted by Gasteiger charge is 2.51. The molecule has 0 aliphatic carbocycles. The number of nitrogens with zero attached hydrogens (tertiary/aromatic N) is 3. The number of benzene rings is 3. The van der Waals surface area contributed by atoms with Gasteiger partial charge in [0.1, 0.15) is 19.0 Å². The molecule has 3 aromatic carbocycles. The van der Waals surface area contributed by atoms with Gasteiger partial charge < -0.3 is 18.9 Å². The van der Waals surface area contributed by atoms with E-state index >= 15 is 0 Å². The molecule has 0 unspecified atom stereocenters. The van der Waals surface area contributed by atoms with Crippen molar-refractivity contribution in [3.05, 3.63) is 124 Å². The van der Waals surface area contributed by atoms with E-state index in [9.17, 15) is 19.2 Å². The molecule has 0 radical (unpaired) electrons. The van der Waals surface area contributed by atoms with Crippen molar-refractivity contribution in [3.63, 3.8) is 0 Å². The second kappa shape index (κ2) is 13.2. The van der Waals surface area contributed by atoms with E-state index in [1.165, 1.54) is 18.1 Å². The summed E-state index contributed by atoms with van der Waals surface area (Å²) < 4.78 is 24.4. The van der Waals surface area contributed by atoms with Crippen LogP contribution < -0.4 is 5.69 Å². The summed E-state index contributed by atoms with van der Waals surface area (Å²) in [6.45, 7) is -0.380. The van der Waals surface area contributed by atoms with Crippen molar-refractivity contribution in [3.8, 4) is 0 Å². The van der Waals surface area contributed by atoms with Crippen LogP contribution in [0.2, 0.25) is 0 Å². The van der Waals surface area contributed by atoms with Gasteiger partial charge >= 0.3 is 23.6 Å². The highest BCUT2D eigenvalue weighted by Crippen LogP contribution is 2.34. The maximum absolute atomic E-state index is 13.2. The number of esters is 3. The Labute approximate surface area is 244 Å².